The average Bonchev–Trinajstić information content (AvgIpc) is 2.97. The number of ether oxygens (including phenoxy) is 1. The second-order valence-corrected chi connectivity index (χ2v) is 4.51. The zero-order valence-corrected chi connectivity index (χ0v) is 11.5. The highest BCUT2D eigenvalue weighted by molar-refractivity contribution is 5.55. The van der Waals surface area contributed by atoms with Gasteiger partial charge in [0.1, 0.15) is 5.75 Å². The van der Waals surface area contributed by atoms with Gasteiger partial charge in [0.15, 0.2) is 0 Å². The van der Waals surface area contributed by atoms with Crippen molar-refractivity contribution >= 4 is 0 Å². The Bertz CT molecular complexity index is 530. The first-order valence-electron chi connectivity index (χ1n) is 6.40. The predicted octanol–water partition coefficient (Wildman–Crippen LogP) is 2.72. The van der Waals surface area contributed by atoms with E-state index in [0.29, 0.717) is 11.7 Å². The zero-order valence-electron chi connectivity index (χ0n) is 11.5. The quantitative estimate of drug-likeness (QED) is 0.895. The van der Waals surface area contributed by atoms with Crippen LogP contribution in [0.4, 0.5) is 0 Å². The fourth-order valence-electron chi connectivity index (χ4n) is 1.84. The second-order valence-electron chi connectivity index (χ2n) is 4.51. The van der Waals surface area contributed by atoms with Gasteiger partial charge in [0.25, 0.3) is 0 Å². The molecule has 1 aromatic heterocycles. The molecule has 0 spiro atoms. The first-order valence-corrected chi connectivity index (χ1v) is 6.40. The van der Waals surface area contributed by atoms with Crippen LogP contribution in [0.15, 0.2) is 28.8 Å². The summed E-state index contributed by atoms with van der Waals surface area (Å²) in [5.74, 6) is 1.83. The number of methoxy groups -OCH3 is 1. The van der Waals surface area contributed by atoms with Crippen molar-refractivity contribution in [2.75, 3.05) is 7.11 Å². The van der Waals surface area contributed by atoms with Gasteiger partial charge in [-0.1, -0.05) is 19.0 Å². The Morgan fingerprint density at radius 2 is 1.84 bits per heavy atom. The Kier molecular flexibility index (Phi) is 3.85. The highest BCUT2D eigenvalue weighted by atomic mass is 16.5. The molecule has 0 aliphatic heterocycles. The van der Waals surface area contributed by atoms with E-state index >= 15 is 0 Å². The molecule has 19 heavy (non-hydrogen) atoms. The van der Waals surface area contributed by atoms with Crippen molar-refractivity contribution in [3.8, 4) is 17.1 Å². The predicted molar refractivity (Wildman–Crippen MR) is 72.7 cm³/mol. The van der Waals surface area contributed by atoms with Crippen LogP contribution in [-0.2, 0) is 5.54 Å². The summed E-state index contributed by atoms with van der Waals surface area (Å²) in [4.78, 5) is 4.41. The third kappa shape index (κ3) is 2.61. The minimum Gasteiger partial charge on any atom is -0.497 e. The van der Waals surface area contributed by atoms with E-state index in [1.807, 2.05) is 38.1 Å². The molecule has 2 aromatic rings. The van der Waals surface area contributed by atoms with E-state index in [9.17, 15) is 0 Å². The fraction of sp³-hybridized carbons (Fsp3) is 0.429. The Morgan fingerprint density at radius 1 is 1.21 bits per heavy atom. The highest BCUT2D eigenvalue weighted by Crippen LogP contribution is 2.27. The molecular weight excluding hydrogens is 242 g/mol. The molecule has 0 aliphatic carbocycles. The molecule has 0 saturated carbocycles. The summed E-state index contributed by atoms with van der Waals surface area (Å²) >= 11 is 0. The van der Waals surface area contributed by atoms with Crippen molar-refractivity contribution in [3.63, 3.8) is 0 Å². The lowest BCUT2D eigenvalue weighted by Crippen LogP contribution is -2.35. The molecule has 0 atom stereocenters. The van der Waals surface area contributed by atoms with Crippen molar-refractivity contribution in [2.45, 2.75) is 32.2 Å². The van der Waals surface area contributed by atoms with E-state index in [-0.39, 0.29) is 0 Å². The summed E-state index contributed by atoms with van der Waals surface area (Å²) in [5, 5.41) is 4.00. The van der Waals surface area contributed by atoms with Crippen molar-refractivity contribution in [2.24, 2.45) is 5.73 Å². The maximum Gasteiger partial charge on any atom is 0.247 e. The molecule has 102 valence electrons. The van der Waals surface area contributed by atoms with Gasteiger partial charge < -0.3 is 15.0 Å². The van der Waals surface area contributed by atoms with Crippen LogP contribution in [0.25, 0.3) is 11.4 Å². The van der Waals surface area contributed by atoms with Crippen molar-refractivity contribution in [1.82, 2.24) is 10.1 Å². The van der Waals surface area contributed by atoms with Crippen LogP contribution in [0.3, 0.4) is 0 Å². The van der Waals surface area contributed by atoms with Gasteiger partial charge in [0.2, 0.25) is 11.7 Å². The van der Waals surface area contributed by atoms with Crippen LogP contribution in [-0.4, -0.2) is 17.3 Å². The highest BCUT2D eigenvalue weighted by Gasteiger charge is 2.30. The molecule has 0 unspecified atom stereocenters. The summed E-state index contributed by atoms with van der Waals surface area (Å²) in [7, 11) is 1.63. The number of benzene rings is 1. The molecule has 5 nitrogen and oxygen atoms in total. The molecular formula is C14H19N3O2. The standard InChI is InChI=1S/C14H19N3O2/c1-4-14(15,5-2)13-16-12(17-19-13)10-6-8-11(18-3)9-7-10/h6-9H,4-5,15H2,1-3H3. The Morgan fingerprint density at radius 3 is 2.37 bits per heavy atom. The first kappa shape index (κ1) is 13.5. The smallest absolute Gasteiger partial charge is 0.247 e. The van der Waals surface area contributed by atoms with Gasteiger partial charge >= 0.3 is 0 Å². The van der Waals surface area contributed by atoms with Crippen LogP contribution >= 0.6 is 0 Å². The normalized spacial score (nSPS) is 11.6. The van der Waals surface area contributed by atoms with Gasteiger partial charge in [0.05, 0.1) is 12.6 Å². The van der Waals surface area contributed by atoms with Crippen molar-refractivity contribution in [1.29, 1.82) is 0 Å². The Balaban J connectivity index is 2.29. The van der Waals surface area contributed by atoms with Crippen molar-refractivity contribution < 1.29 is 9.26 Å². The zero-order chi connectivity index (χ0) is 13.9. The van der Waals surface area contributed by atoms with Crippen LogP contribution in [0.2, 0.25) is 0 Å². The summed E-state index contributed by atoms with van der Waals surface area (Å²) in [6.45, 7) is 4.03. The Hall–Kier alpha value is -1.88. The van der Waals surface area contributed by atoms with Crippen LogP contribution in [0.1, 0.15) is 32.6 Å². The summed E-state index contributed by atoms with van der Waals surface area (Å²) in [5.41, 5.74) is 6.57. The monoisotopic (exact) mass is 261 g/mol. The van der Waals surface area contributed by atoms with E-state index < -0.39 is 5.54 Å². The van der Waals surface area contributed by atoms with Gasteiger partial charge in [-0.25, -0.2) is 0 Å². The van der Waals surface area contributed by atoms with Crippen LogP contribution < -0.4 is 10.5 Å². The number of nitrogens with two attached hydrogens (primary N) is 1. The van der Waals surface area contributed by atoms with E-state index in [2.05, 4.69) is 10.1 Å². The largest absolute Gasteiger partial charge is 0.497 e. The summed E-state index contributed by atoms with van der Waals surface area (Å²) in [6, 6.07) is 7.51. The molecule has 5 heteroatoms. The van der Waals surface area contributed by atoms with Gasteiger partial charge in [-0.05, 0) is 37.1 Å². The number of hydrogen-bond acceptors (Lipinski definition) is 5. The number of nitrogens with zero attached hydrogens (tertiary/aromatic N) is 2. The molecule has 2 rings (SSSR count). The lowest BCUT2D eigenvalue weighted by molar-refractivity contribution is 0.268. The molecule has 0 aliphatic rings. The number of rotatable bonds is 5. The molecule has 0 saturated heterocycles. The lowest BCUT2D eigenvalue weighted by Gasteiger charge is -2.20. The molecule has 1 heterocycles. The molecule has 0 radical (unpaired) electrons. The minimum absolute atomic E-state index is 0.489. The third-order valence-corrected chi connectivity index (χ3v) is 3.46. The summed E-state index contributed by atoms with van der Waals surface area (Å²) < 4.78 is 10.4. The van der Waals surface area contributed by atoms with Gasteiger partial charge in [0, 0.05) is 5.56 Å². The lowest BCUT2D eigenvalue weighted by atomic mass is 9.94. The fourth-order valence-corrected chi connectivity index (χ4v) is 1.84. The maximum atomic E-state index is 6.24. The summed E-state index contributed by atoms with van der Waals surface area (Å²) in [6.07, 6.45) is 1.52. The minimum atomic E-state index is -0.544. The van der Waals surface area contributed by atoms with Gasteiger partial charge in [-0.3, -0.25) is 0 Å². The Labute approximate surface area is 112 Å². The van der Waals surface area contributed by atoms with E-state index in [1.54, 1.807) is 7.11 Å². The van der Waals surface area contributed by atoms with Crippen LogP contribution in [0, 0.1) is 0 Å². The SMILES string of the molecule is CCC(N)(CC)c1nc(-c2ccc(OC)cc2)no1. The topological polar surface area (TPSA) is 74.2 Å². The van der Waals surface area contributed by atoms with E-state index in [1.165, 1.54) is 0 Å². The average molecular weight is 261 g/mol. The molecule has 0 bridgehead atoms. The van der Waals surface area contributed by atoms with Gasteiger partial charge in [-0.2, -0.15) is 4.98 Å². The van der Waals surface area contributed by atoms with Gasteiger partial charge in [-0.15, -0.1) is 0 Å². The molecule has 0 amide bonds. The van der Waals surface area contributed by atoms with Crippen LogP contribution in [0.5, 0.6) is 5.75 Å². The molecule has 1 aromatic carbocycles. The maximum absolute atomic E-state index is 6.24. The number of aromatic nitrogens is 2. The van der Waals surface area contributed by atoms with Crippen molar-refractivity contribution in [3.05, 3.63) is 30.2 Å². The molecule has 2 N–H and O–H groups in total. The third-order valence-electron chi connectivity index (χ3n) is 3.46. The first-order chi connectivity index (χ1) is 9.12. The van der Waals surface area contributed by atoms with E-state index in [4.69, 9.17) is 15.0 Å². The van der Waals surface area contributed by atoms with E-state index in [0.717, 1.165) is 24.2 Å². The number of hydrogen-bond donors (Lipinski definition) is 1. The molecule has 0 fully saturated rings. The second kappa shape index (κ2) is 5.40.